The maximum absolute atomic E-state index is 11.5. The molecule has 1 saturated heterocycles. The zero-order valence-corrected chi connectivity index (χ0v) is 7.90. The molecule has 0 saturated carbocycles. The Morgan fingerprint density at radius 1 is 1.50 bits per heavy atom. The number of nitrogens with one attached hydrogen (secondary N) is 1. The molecular weight excluding hydrogens is 182 g/mol. The molecule has 1 amide bonds. The molecule has 0 bridgehead atoms. The molecule has 1 fully saturated rings. The van der Waals surface area contributed by atoms with E-state index in [1.165, 1.54) is 0 Å². The lowest BCUT2D eigenvalue weighted by atomic mass is 10.4. The van der Waals surface area contributed by atoms with Crippen LogP contribution in [0.1, 0.15) is 12.8 Å². The summed E-state index contributed by atoms with van der Waals surface area (Å²) in [5.74, 6) is 0.341. The van der Waals surface area contributed by atoms with Crippen LogP contribution in [0.5, 0.6) is 0 Å². The van der Waals surface area contributed by atoms with E-state index in [4.69, 9.17) is 4.74 Å². The van der Waals surface area contributed by atoms with Crippen molar-refractivity contribution in [1.82, 2.24) is 10.3 Å². The van der Waals surface area contributed by atoms with E-state index in [-0.39, 0.29) is 6.09 Å². The molecule has 0 aromatic carbocycles. The minimum absolute atomic E-state index is 0.297. The molecule has 14 heavy (non-hydrogen) atoms. The third kappa shape index (κ3) is 2.04. The molecule has 5 heteroatoms. The van der Waals surface area contributed by atoms with Gasteiger partial charge in [-0.15, -0.1) is 5.10 Å². The van der Waals surface area contributed by atoms with Gasteiger partial charge in [0.2, 0.25) is 5.90 Å². The summed E-state index contributed by atoms with van der Waals surface area (Å²) in [5.41, 5.74) is 2.74. The van der Waals surface area contributed by atoms with Crippen LogP contribution < -0.4 is 5.43 Å². The average Bonchev–Trinajstić information content (AvgIpc) is 2.72. The van der Waals surface area contributed by atoms with Crippen molar-refractivity contribution >= 4 is 12.0 Å². The third-order valence-electron chi connectivity index (χ3n) is 2.21. The Kier molecular flexibility index (Phi) is 2.67. The Morgan fingerprint density at radius 2 is 2.29 bits per heavy atom. The predicted octanol–water partition coefficient (Wildman–Crippen LogP) is 0.692. The third-order valence-corrected chi connectivity index (χ3v) is 2.21. The van der Waals surface area contributed by atoms with E-state index in [0.717, 1.165) is 25.9 Å². The molecule has 0 atom stereocenters. The van der Waals surface area contributed by atoms with Crippen LogP contribution in [0.3, 0.4) is 0 Å². The Labute approximate surface area is 82.4 Å². The molecule has 2 heterocycles. The highest BCUT2D eigenvalue weighted by Crippen LogP contribution is 2.09. The van der Waals surface area contributed by atoms with Gasteiger partial charge in [-0.1, -0.05) is 6.08 Å². The van der Waals surface area contributed by atoms with Gasteiger partial charge in [-0.25, -0.2) is 4.79 Å². The number of carbonyl (C=O) groups excluding carboxylic acids is 1. The maximum atomic E-state index is 11.5. The van der Waals surface area contributed by atoms with E-state index in [9.17, 15) is 4.79 Å². The van der Waals surface area contributed by atoms with Crippen LogP contribution in [-0.4, -0.2) is 36.5 Å². The minimum atomic E-state index is -0.297. The summed E-state index contributed by atoms with van der Waals surface area (Å²) in [6.07, 6.45) is 5.39. The number of amides is 1. The van der Waals surface area contributed by atoms with Gasteiger partial charge in [0, 0.05) is 19.2 Å². The Bertz CT molecular complexity index is 280. The van der Waals surface area contributed by atoms with E-state index < -0.39 is 0 Å². The summed E-state index contributed by atoms with van der Waals surface area (Å²) in [6.45, 7) is 2.28. The van der Waals surface area contributed by atoms with Crippen LogP contribution in [0.15, 0.2) is 17.3 Å². The monoisotopic (exact) mass is 195 g/mol. The van der Waals surface area contributed by atoms with Crippen molar-refractivity contribution < 1.29 is 9.53 Å². The number of nitrogens with zero attached hydrogens (tertiary/aromatic N) is 2. The molecule has 1 N–H and O–H groups in total. The lowest BCUT2D eigenvalue weighted by Gasteiger charge is -2.15. The van der Waals surface area contributed by atoms with Gasteiger partial charge < -0.3 is 15.1 Å². The Hall–Kier alpha value is -1.52. The van der Waals surface area contributed by atoms with Crippen molar-refractivity contribution in [3.8, 4) is 0 Å². The largest absolute Gasteiger partial charge is 0.416 e. The molecule has 5 nitrogen and oxygen atoms in total. The van der Waals surface area contributed by atoms with Crippen molar-refractivity contribution in [1.29, 1.82) is 0 Å². The zero-order chi connectivity index (χ0) is 9.80. The minimum Gasteiger partial charge on any atom is -0.390 e. The summed E-state index contributed by atoms with van der Waals surface area (Å²) in [5, 5.41) is 3.85. The normalized spacial score (nSPS) is 20.3. The van der Waals surface area contributed by atoms with Gasteiger partial charge in [-0.2, -0.15) is 0 Å². The van der Waals surface area contributed by atoms with Gasteiger partial charge in [-0.3, -0.25) is 0 Å². The summed E-state index contributed by atoms with van der Waals surface area (Å²) in [6, 6.07) is 0. The van der Waals surface area contributed by atoms with Gasteiger partial charge in [0.1, 0.15) is 0 Å². The Morgan fingerprint density at radius 3 is 2.93 bits per heavy atom. The topological polar surface area (TPSA) is 53.9 Å². The fourth-order valence-electron chi connectivity index (χ4n) is 1.48. The van der Waals surface area contributed by atoms with Gasteiger partial charge in [0.25, 0.3) is 0 Å². The van der Waals surface area contributed by atoms with Crippen molar-refractivity contribution in [2.75, 3.05) is 19.6 Å². The molecule has 2 rings (SSSR count). The fraction of sp³-hybridized carbons (Fsp3) is 0.556. The molecular formula is C9H13N3O2. The first kappa shape index (κ1) is 9.05. The van der Waals surface area contributed by atoms with Gasteiger partial charge in [0.05, 0.1) is 6.54 Å². The highest BCUT2D eigenvalue weighted by molar-refractivity contribution is 5.95. The number of rotatable bonds is 0. The number of hydrazone groups is 1. The van der Waals surface area contributed by atoms with Crippen LogP contribution in [0.2, 0.25) is 0 Å². The van der Waals surface area contributed by atoms with Crippen LogP contribution in [0, 0.1) is 0 Å². The number of hydrogen-bond acceptors (Lipinski definition) is 4. The van der Waals surface area contributed by atoms with E-state index in [1.807, 2.05) is 6.08 Å². The second kappa shape index (κ2) is 4.13. The van der Waals surface area contributed by atoms with Crippen molar-refractivity contribution in [2.24, 2.45) is 5.10 Å². The molecule has 2 aliphatic heterocycles. The lowest BCUT2D eigenvalue weighted by molar-refractivity contribution is 0.159. The molecule has 2 aliphatic rings. The molecule has 0 aromatic heterocycles. The van der Waals surface area contributed by atoms with Gasteiger partial charge in [0.15, 0.2) is 0 Å². The quantitative estimate of drug-likeness (QED) is 0.618. The van der Waals surface area contributed by atoms with Crippen molar-refractivity contribution in [3.63, 3.8) is 0 Å². The number of ether oxygens (including phenoxy) is 1. The highest BCUT2D eigenvalue weighted by atomic mass is 16.6. The van der Waals surface area contributed by atoms with Gasteiger partial charge in [-0.05, 0) is 12.8 Å². The molecule has 0 radical (unpaired) electrons. The second-order valence-corrected chi connectivity index (χ2v) is 3.28. The Balaban J connectivity index is 1.87. The van der Waals surface area contributed by atoms with E-state index in [0.29, 0.717) is 12.4 Å². The standard InChI is InChI=1S/C9H13N3O2/c13-9(12-6-1-2-7-12)14-8-4-3-5-10-11-8/h3-4,10H,1-2,5-7H2. The average molecular weight is 195 g/mol. The first-order valence-electron chi connectivity index (χ1n) is 4.80. The molecule has 0 aliphatic carbocycles. The van der Waals surface area contributed by atoms with E-state index in [2.05, 4.69) is 10.5 Å². The van der Waals surface area contributed by atoms with Crippen molar-refractivity contribution in [2.45, 2.75) is 12.8 Å². The van der Waals surface area contributed by atoms with Crippen LogP contribution in [0.4, 0.5) is 4.79 Å². The van der Waals surface area contributed by atoms with Gasteiger partial charge >= 0.3 is 6.09 Å². The SMILES string of the molecule is O=C(OC1=NNCC=C1)N1CCCC1. The van der Waals surface area contributed by atoms with Crippen LogP contribution >= 0.6 is 0 Å². The van der Waals surface area contributed by atoms with E-state index >= 15 is 0 Å². The smallest absolute Gasteiger partial charge is 0.390 e. The first-order chi connectivity index (χ1) is 6.86. The number of carbonyl (C=O) groups is 1. The number of hydrogen-bond donors (Lipinski definition) is 1. The van der Waals surface area contributed by atoms with E-state index in [1.54, 1.807) is 11.0 Å². The number of likely N-dealkylation sites (tertiary alicyclic amines) is 1. The summed E-state index contributed by atoms with van der Waals surface area (Å²) in [7, 11) is 0. The van der Waals surface area contributed by atoms with Crippen LogP contribution in [-0.2, 0) is 4.74 Å². The van der Waals surface area contributed by atoms with Crippen LogP contribution in [0.25, 0.3) is 0 Å². The summed E-state index contributed by atoms with van der Waals surface area (Å²) >= 11 is 0. The fourth-order valence-corrected chi connectivity index (χ4v) is 1.48. The molecule has 0 spiro atoms. The molecule has 0 unspecified atom stereocenters. The molecule has 0 aromatic rings. The zero-order valence-electron chi connectivity index (χ0n) is 7.90. The second-order valence-electron chi connectivity index (χ2n) is 3.28. The first-order valence-corrected chi connectivity index (χ1v) is 4.80. The maximum Gasteiger partial charge on any atom is 0.416 e. The highest BCUT2D eigenvalue weighted by Gasteiger charge is 2.20. The predicted molar refractivity (Wildman–Crippen MR) is 51.9 cm³/mol. The van der Waals surface area contributed by atoms with Crippen molar-refractivity contribution in [3.05, 3.63) is 12.2 Å². The summed E-state index contributed by atoms with van der Waals surface area (Å²) in [4.78, 5) is 13.2. The lowest BCUT2D eigenvalue weighted by Crippen LogP contribution is -2.31. The molecule has 76 valence electrons. The summed E-state index contributed by atoms with van der Waals surface area (Å²) < 4.78 is 5.06.